The highest BCUT2D eigenvalue weighted by atomic mass is 79.9. The van der Waals surface area contributed by atoms with Gasteiger partial charge in [0.25, 0.3) is 0 Å². The number of hydrogen-bond donors (Lipinski definition) is 1. The predicted molar refractivity (Wildman–Crippen MR) is 74.6 cm³/mol. The Morgan fingerprint density at radius 1 is 1.44 bits per heavy atom. The molecule has 102 valence electrons. The third-order valence-electron chi connectivity index (χ3n) is 2.77. The zero-order chi connectivity index (χ0) is 13.8. The second-order valence-electron chi connectivity index (χ2n) is 4.15. The molecular weight excluding hydrogens is 321 g/mol. The molecule has 1 unspecified atom stereocenters. The van der Waals surface area contributed by atoms with E-state index in [1.165, 1.54) is 6.07 Å². The second kappa shape index (κ2) is 6.63. The van der Waals surface area contributed by atoms with E-state index in [0.717, 1.165) is 0 Å². The molecule has 0 amide bonds. The Kier molecular flexibility index (Phi) is 5.75. The van der Waals surface area contributed by atoms with Crippen molar-refractivity contribution in [2.24, 2.45) is 5.73 Å². The summed E-state index contributed by atoms with van der Waals surface area (Å²) in [7, 11) is -2.97. The topological polar surface area (TPSA) is 60.2 Å². The maximum Gasteiger partial charge on any atom is 0.150 e. The number of nitrogens with two attached hydrogens (primary N) is 1. The van der Waals surface area contributed by atoms with Crippen LogP contribution in [0.15, 0.2) is 22.7 Å². The summed E-state index contributed by atoms with van der Waals surface area (Å²) in [5.41, 5.74) is 6.29. The van der Waals surface area contributed by atoms with E-state index in [9.17, 15) is 12.8 Å². The lowest BCUT2D eigenvalue weighted by atomic mass is 10.0. The fraction of sp³-hybridized carbons (Fsp3) is 0.500. The van der Waals surface area contributed by atoms with Gasteiger partial charge in [0.15, 0.2) is 0 Å². The molecule has 0 radical (unpaired) electrons. The molecule has 0 bridgehead atoms. The summed E-state index contributed by atoms with van der Waals surface area (Å²) >= 11 is 3.17. The van der Waals surface area contributed by atoms with Gasteiger partial charge in [-0.05, 0) is 25.0 Å². The molecule has 18 heavy (non-hydrogen) atoms. The summed E-state index contributed by atoms with van der Waals surface area (Å²) < 4.78 is 36.9. The number of benzene rings is 1. The van der Waals surface area contributed by atoms with Gasteiger partial charge in [-0.25, -0.2) is 12.8 Å². The molecule has 1 atom stereocenters. The number of hydrogen-bond acceptors (Lipinski definition) is 3. The maximum absolute atomic E-state index is 13.6. The average molecular weight is 338 g/mol. The Morgan fingerprint density at radius 2 is 2.11 bits per heavy atom. The highest BCUT2D eigenvalue weighted by Crippen LogP contribution is 2.22. The van der Waals surface area contributed by atoms with Gasteiger partial charge < -0.3 is 5.73 Å². The Morgan fingerprint density at radius 3 is 2.67 bits per heavy atom. The van der Waals surface area contributed by atoms with Gasteiger partial charge >= 0.3 is 0 Å². The van der Waals surface area contributed by atoms with Gasteiger partial charge in [-0.3, -0.25) is 0 Å². The van der Waals surface area contributed by atoms with Crippen LogP contribution >= 0.6 is 15.9 Å². The molecule has 0 aliphatic heterocycles. The molecule has 0 saturated carbocycles. The van der Waals surface area contributed by atoms with E-state index in [2.05, 4.69) is 15.9 Å². The maximum atomic E-state index is 13.6. The minimum Gasteiger partial charge on any atom is -0.324 e. The highest BCUT2D eigenvalue weighted by molar-refractivity contribution is 9.10. The molecule has 0 saturated heterocycles. The summed E-state index contributed by atoms with van der Waals surface area (Å²) in [6.45, 7) is 1.61. The van der Waals surface area contributed by atoms with Gasteiger partial charge in [0, 0.05) is 21.8 Å². The van der Waals surface area contributed by atoms with Gasteiger partial charge in [0.1, 0.15) is 15.7 Å². The molecule has 0 aliphatic rings. The van der Waals surface area contributed by atoms with E-state index in [-0.39, 0.29) is 17.3 Å². The van der Waals surface area contributed by atoms with Crippen LogP contribution in [0.25, 0.3) is 0 Å². The fourth-order valence-corrected chi connectivity index (χ4v) is 2.85. The third kappa shape index (κ3) is 4.66. The SMILES string of the molecule is CCS(=O)(=O)CCCC(N)c1ccc(Br)cc1F. The Bertz CT molecular complexity index is 505. The van der Waals surface area contributed by atoms with Crippen LogP contribution < -0.4 is 5.73 Å². The van der Waals surface area contributed by atoms with Gasteiger partial charge in [0.2, 0.25) is 0 Å². The van der Waals surface area contributed by atoms with Crippen LogP contribution in [-0.4, -0.2) is 19.9 Å². The van der Waals surface area contributed by atoms with Crippen molar-refractivity contribution in [1.82, 2.24) is 0 Å². The molecule has 6 heteroatoms. The largest absolute Gasteiger partial charge is 0.324 e. The lowest BCUT2D eigenvalue weighted by Crippen LogP contribution is -2.15. The fourth-order valence-electron chi connectivity index (χ4n) is 1.63. The van der Waals surface area contributed by atoms with E-state index in [1.54, 1.807) is 19.1 Å². The smallest absolute Gasteiger partial charge is 0.150 e. The van der Waals surface area contributed by atoms with Gasteiger partial charge in [-0.15, -0.1) is 0 Å². The molecule has 1 aromatic rings. The van der Waals surface area contributed by atoms with Crippen LogP contribution in [0, 0.1) is 5.82 Å². The Hall–Kier alpha value is -0.460. The summed E-state index contributed by atoms with van der Waals surface area (Å²) in [4.78, 5) is 0. The first-order valence-electron chi connectivity index (χ1n) is 5.76. The quantitative estimate of drug-likeness (QED) is 0.868. The normalized spacial score (nSPS) is 13.6. The molecular formula is C12H17BrFNO2S. The van der Waals surface area contributed by atoms with Crippen molar-refractivity contribution in [3.8, 4) is 0 Å². The standard InChI is InChI=1S/C12H17BrFNO2S/c1-2-18(16,17)7-3-4-12(15)10-6-5-9(13)8-11(10)14/h5-6,8,12H,2-4,7,15H2,1H3. The van der Waals surface area contributed by atoms with E-state index in [0.29, 0.717) is 22.9 Å². The molecule has 0 aromatic heterocycles. The average Bonchev–Trinajstić information content (AvgIpc) is 2.28. The van der Waals surface area contributed by atoms with E-state index >= 15 is 0 Å². The van der Waals surface area contributed by atoms with Crippen molar-refractivity contribution in [3.05, 3.63) is 34.1 Å². The molecule has 2 N–H and O–H groups in total. The molecule has 1 aromatic carbocycles. The molecule has 3 nitrogen and oxygen atoms in total. The minimum absolute atomic E-state index is 0.106. The van der Waals surface area contributed by atoms with Crippen molar-refractivity contribution < 1.29 is 12.8 Å². The third-order valence-corrected chi connectivity index (χ3v) is 5.06. The van der Waals surface area contributed by atoms with Crippen molar-refractivity contribution in [2.45, 2.75) is 25.8 Å². The van der Waals surface area contributed by atoms with Crippen molar-refractivity contribution in [1.29, 1.82) is 0 Å². The van der Waals surface area contributed by atoms with Gasteiger partial charge in [0.05, 0.1) is 5.75 Å². The van der Waals surface area contributed by atoms with Crippen LogP contribution in [0.2, 0.25) is 0 Å². The van der Waals surface area contributed by atoms with Crippen molar-refractivity contribution in [2.75, 3.05) is 11.5 Å². The number of rotatable bonds is 6. The highest BCUT2D eigenvalue weighted by Gasteiger charge is 2.13. The van der Waals surface area contributed by atoms with Gasteiger partial charge in [-0.1, -0.05) is 28.9 Å². The first kappa shape index (κ1) is 15.6. The first-order valence-corrected chi connectivity index (χ1v) is 8.38. The molecule has 0 fully saturated rings. The lowest BCUT2D eigenvalue weighted by Gasteiger charge is -2.13. The molecule has 0 aliphatic carbocycles. The zero-order valence-electron chi connectivity index (χ0n) is 10.2. The number of sulfone groups is 1. The summed E-state index contributed by atoms with van der Waals surface area (Å²) in [5.74, 6) is -0.125. The minimum atomic E-state index is -2.97. The lowest BCUT2D eigenvalue weighted by molar-refractivity contribution is 0.554. The first-order chi connectivity index (χ1) is 8.35. The number of halogens is 2. The molecule has 0 heterocycles. The van der Waals surface area contributed by atoms with Crippen LogP contribution in [0.3, 0.4) is 0 Å². The summed E-state index contributed by atoms with van der Waals surface area (Å²) in [5, 5.41) is 0. The van der Waals surface area contributed by atoms with Crippen molar-refractivity contribution >= 4 is 25.8 Å². The van der Waals surface area contributed by atoms with Crippen LogP contribution in [0.4, 0.5) is 4.39 Å². The monoisotopic (exact) mass is 337 g/mol. The predicted octanol–water partition coefficient (Wildman–Crippen LogP) is 2.80. The van der Waals surface area contributed by atoms with E-state index in [1.807, 2.05) is 0 Å². The zero-order valence-corrected chi connectivity index (χ0v) is 12.6. The van der Waals surface area contributed by atoms with E-state index in [4.69, 9.17) is 5.73 Å². The summed E-state index contributed by atoms with van der Waals surface area (Å²) in [6.07, 6.45) is 0.907. The van der Waals surface area contributed by atoms with Crippen LogP contribution in [-0.2, 0) is 9.84 Å². The van der Waals surface area contributed by atoms with Gasteiger partial charge in [-0.2, -0.15) is 0 Å². The van der Waals surface area contributed by atoms with Crippen LogP contribution in [0.1, 0.15) is 31.4 Å². The summed E-state index contributed by atoms with van der Waals surface area (Å²) in [6, 6.07) is 4.24. The Balaban J connectivity index is 2.58. The second-order valence-corrected chi connectivity index (χ2v) is 7.54. The van der Waals surface area contributed by atoms with Crippen LogP contribution in [0.5, 0.6) is 0 Å². The van der Waals surface area contributed by atoms with Crippen molar-refractivity contribution in [3.63, 3.8) is 0 Å². The Labute approximate surface area is 116 Å². The molecule has 0 spiro atoms. The molecule has 1 rings (SSSR count). The van der Waals surface area contributed by atoms with E-state index < -0.39 is 15.9 Å².